The van der Waals surface area contributed by atoms with E-state index >= 15 is 0 Å². The van der Waals surface area contributed by atoms with Crippen LogP contribution < -0.4 is 5.73 Å². The molecule has 5 heteroatoms. The summed E-state index contributed by atoms with van der Waals surface area (Å²) in [5, 5.41) is 0. The lowest BCUT2D eigenvalue weighted by Crippen LogP contribution is -2.34. The van der Waals surface area contributed by atoms with Crippen LogP contribution in [0, 0.1) is 0 Å². The van der Waals surface area contributed by atoms with Gasteiger partial charge in [0.15, 0.2) is 0 Å². The highest BCUT2D eigenvalue weighted by Gasteiger charge is 2.29. The van der Waals surface area contributed by atoms with Crippen LogP contribution in [0.25, 0.3) is 0 Å². The van der Waals surface area contributed by atoms with Crippen LogP contribution in [-0.2, 0) is 12.7 Å². The summed E-state index contributed by atoms with van der Waals surface area (Å²) in [6.45, 7) is 3.09. The van der Waals surface area contributed by atoms with Crippen LogP contribution in [0.2, 0.25) is 0 Å². The van der Waals surface area contributed by atoms with E-state index in [2.05, 4.69) is 0 Å². The second-order valence-electron chi connectivity index (χ2n) is 4.19. The molecule has 0 saturated heterocycles. The van der Waals surface area contributed by atoms with Gasteiger partial charge in [-0.2, -0.15) is 13.2 Å². The van der Waals surface area contributed by atoms with Gasteiger partial charge in [-0.05, 0) is 31.7 Å². The van der Waals surface area contributed by atoms with E-state index < -0.39 is 11.7 Å². The maximum atomic E-state index is 12.3. The summed E-state index contributed by atoms with van der Waals surface area (Å²) >= 11 is 0. The van der Waals surface area contributed by atoms with Crippen molar-refractivity contribution in [1.82, 2.24) is 4.90 Å². The number of likely N-dealkylation sites (N-methyl/N-ethyl adjacent to an activating group) is 1. The average Bonchev–Trinajstić information content (AvgIpc) is 2.27. The summed E-state index contributed by atoms with van der Waals surface area (Å²) in [6.07, 6.45) is -4.27. The molecular formula is C12H17F3N2. The Labute approximate surface area is 99.2 Å². The maximum Gasteiger partial charge on any atom is 0.416 e. The third-order valence-corrected chi connectivity index (χ3v) is 2.81. The number of nitrogens with two attached hydrogens (primary N) is 1. The molecule has 0 aliphatic carbocycles. The second kappa shape index (κ2) is 5.51. The van der Waals surface area contributed by atoms with Crippen LogP contribution >= 0.6 is 0 Å². The molecule has 0 heterocycles. The van der Waals surface area contributed by atoms with Crippen LogP contribution in [0.1, 0.15) is 18.1 Å². The van der Waals surface area contributed by atoms with Crippen molar-refractivity contribution in [2.75, 3.05) is 13.6 Å². The smallest absolute Gasteiger partial charge is 0.329 e. The van der Waals surface area contributed by atoms with Gasteiger partial charge < -0.3 is 5.73 Å². The van der Waals surface area contributed by atoms with E-state index in [1.165, 1.54) is 12.1 Å². The van der Waals surface area contributed by atoms with E-state index in [9.17, 15) is 13.2 Å². The summed E-state index contributed by atoms with van der Waals surface area (Å²) in [7, 11) is 1.90. The van der Waals surface area contributed by atoms with Gasteiger partial charge in [-0.3, -0.25) is 4.90 Å². The molecule has 0 bridgehead atoms. The van der Waals surface area contributed by atoms with Crippen molar-refractivity contribution in [1.29, 1.82) is 0 Å². The quantitative estimate of drug-likeness (QED) is 0.884. The summed E-state index contributed by atoms with van der Waals surface area (Å²) in [5.74, 6) is 0. The Kier molecular flexibility index (Phi) is 4.54. The Balaban J connectivity index is 2.69. The molecule has 1 atom stereocenters. The van der Waals surface area contributed by atoms with Crippen molar-refractivity contribution in [3.05, 3.63) is 35.4 Å². The van der Waals surface area contributed by atoms with Gasteiger partial charge in [-0.15, -0.1) is 0 Å². The molecule has 0 amide bonds. The molecular weight excluding hydrogens is 229 g/mol. The van der Waals surface area contributed by atoms with Crippen LogP contribution in [0.5, 0.6) is 0 Å². The summed E-state index contributed by atoms with van der Waals surface area (Å²) in [5.41, 5.74) is 5.75. The number of rotatable bonds is 4. The zero-order valence-electron chi connectivity index (χ0n) is 9.96. The lowest BCUT2D eigenvalue weighted by atomic mass is 10.1. The zero-order valence-corrected chi connectivity index (χ0v) is 9.96. The van der Waals surface area contributed by atoms with Crippen molar-refractivity contribution in [2.24, 2.45) is 5.73 Å². The number of hydrogen-bond acceptors (Lipinski definition) is 2. The highest BCUT2D eigenvalue weighted by molar-refractivity contribution is 5.24. The molecule has 0 spiro atoms. The van der Waals surface area contributed by atoms with Crippen LogP contribution in [-0.4, -0.2) is 24.5 Å². The minimum Gasteiger partial charge on any atom is -0.329 e. The predicted octanol–water partition coefficient (Wildman–Crippen LogP) is 2.48. The van der Waals surface area contributed by atoms with Crippen molar-refractivity contribution in [3.63, 3.8) is 0 Å². The number of halogens is 3. The first-order valence-corrected chi connectivity index (χ1v) is 5.41. The monoisotopic (exact) mass is 246 g/mol. The number of alkyl halides is 3. The zero-order chi connectivity index (χ0) is 13.1. The molecule has 0 aliphatic rings. The molecule has 17 heavy (non-hydrogen) atoms. The van der Waals surface area contributed by atoms with Gasteiger partial charge in [0.05, 0.1) is 5.56 Å². The van der Waals surface area contributed by atoms with Crippen molar-refractivity contribution in [2.45, 2.75) is 25.7 Å². The lowest BCUT2D eigenvalue weighted by Gasteiger charge is -2.23. The van der Waals surface area contributed by atoms with Gasteiger partial charge in [-0.1, -0.05) is 12.1 Å². The standard InChI is InChI=1S/C12H17F3N2/c1-9(7-16)17(2)8-10-3-5-11(6-4-10)12(13,14)15/h3-6,9H,7-8,16H2,1-2H3. The Morgan fingerprint density at radius 3 is 2.18 bits per heavy atom. The van der Waals surface area contributed by atoms with Crippen LogP contribution in [0.3, 0.4) is 0 Å². The van der Waals surface area contributed by atoms with Crippen molar-refractivity contribution >= 4 is 0 Å². The molecule has 2 nitrogen and oxygen atoms in total. The van der Waals surface area contributed by atoms with E-state index in [-0.39, 0.29) is 6.04 Å². The number of nitrogens with zero attached hydrogens (tertiary/aromatic N) is 1. The molecule has 96 valence electrons. The maximum absolute atomic E-state index is 12.3. The minimum absolute atomic E-state index is 0.206. The molecule has 2 N–H and O–H groups in total. The first-order chi connectivity index (χ1) is 7.84. The van der Waals surface area contributed by atoms with Crippen LogP contribution in [0.4, 0.5) is 13.2 Å². The summed E-state index contributed by atoms with van der Waals surface area (Å²) in [6, 6.07) is 5.43. The molecule has 1 aromatic rings. The first kappa shape index (κ1) is 14.0. The van der Waals surface area contributed by atoms with Gasteiger partial charge in [0.1, 0.15) is 0 Å². The topological polar surface area (TPSA) is 29.3 Å². The minimum atomic E-state index is -4.27. The molecule has 1 aromatic carbocycles. The van der Waals surface area contributed by atoms with Crippen LogP contribution in [0.15, 0.2) is 24.3 Å². The Morgan fingerprint density at radius 1 is 1.24 bits per heavy atom. The lowest BCUT2D eigenvalue weighted by molar-refractivity contribution is -0.137. The highest BCUT2D eigenvalue weighted by atomic mass is 19.4. The molecule has 1 rings (SSSR count). The third kappa shape index (κ3) is 4.02. The SMILES string of the molecule is CC(CN)N(C)Cc1ccc(C(F)(F)F)cc1. The Morgan fingerprint density at radius 2 is 1.76 bits per heavy atom. The normalized spacial score (nSPS) is 14.1. The molecule has 1 unspecified atom stereocenters. The fraction of sp³-hybridized carbons (Fsp3) is 0.500. The molecule has 0 saturated carbocycles. The number of benzene rings is 1. The summed E-state index contributed by atoms with van der Waals surface area (Å²) in [4.78, 5) is 2.00. The summed E-state index contributed by atoms with van der Waals surface area (Å²) < 4.78 is 37.0. The van der Waals surface area contributed by atoms with Gasteiger partial charge in [0.25, 0.3) is 0 Å². The van der Waals surface area contributed by atoms with Gasteiger partial charge in [-0.25, -0.2) is 0 Å². The van der Waals surface area contributed by atoms with E-state index in [0.717, 1.165) is 17.7 Å². The molecule has 0 aromatic heterocycles. The van der Waals surface area contributed by atoms with E-state index in [1.807, 2.05) is 18.9 Å². The van der Waals surface area contributed by atoms with Crippen molar-refractivity contribution < 1.29 is 13.2 Å². The van der Waals surface area contributed by atoms with Gasteiger partial charge in [0.2, 0.25) is 0 Å². The molecule has 0 radical (unpaired) electrons. The van der Waals surface area contributed by atoms with Gasteiger partial charge in [0, 0.05) is 19.1 Å². The fourth-order valence-electron chi connectivity index (χ4n) is 1.42. The van der Waals surface area contributed by atoms with E-state index in [4.69, 9.17) is 5.73 Å². The molecule has 0 aliphatic heterocycles. The number of hydrogen-bond donors (Lipinski definition) is 1. The predicted molar refractivity (Wildman–Crippen MR) is 61.4 cm³/mol. The first-order valence-electron chi connectivity index (χ1n) is 5.41. The van der Waals surface area contributed by atoms with E-state index in [0.29, 0.717) is 13.1 Å². The van der Waals surface area contributed by atoms with Crippen molar-refractivity contribution in [3.8, 4) is 0 Å². The third-order valence-electron chi connectivity index (χ3n) is 2.81. The van der Waals surface area contributed by atoms with Gasteiger partial charge >= 0.3 is 6.18 Å². The highest BCUT2D eigenvalue weighted by Crippen LogP contribution is 2.29. The Bertz CT molecular complexity index is 346. The van der Waals surface area contributed by atoms with E-state index in [1.54, 1.807) is 0 Å². The largest absolute Gasteiger partial charge is 0.416 e. The fourth-order valence-corrected chi connectivity index (χ4v) is 1.42. The Hall–Kier alpha value is -1.07. The molecule has 0 fully saturated rings. The second-order valence-corrected chi connectivity index (χ2v) is 4.19. The average molecular weight is 246 g/mol.